The highest BCUT2D eigenvalue weighted by atomic mass is 32.2. The number of nitriles is 1. The molecule has 0 saturated heterocycles. The van der Waals surface area contributed by atoms with E-state index in [0.717, 1.165) is 5.56 Å². The van der Waals surface area contributed by atoms with E-state index in [1.807, 2.05) is 24.3 Å². The van der Waals surface area contributed by atoms with E-state index in [2.05, 4.69) is 34.2 Å². The van der Waals surface area contributed by atoms with Gasteiger partial charge in [-0.3, -0.25) is 0 Å². The molecule has 0 fully saturated rings. The summed E-state index contributed by atoms with van der Waals surface area (Å²) in [5, 5.41) is 12.2. The molecule has 0 saturated carbocycles. The van der Waals surface area contributed by atoms with Crippen molar-refractivity contribution in [2.45, 2.75) is 17.5 Å². The smallest absolute Gasteiger partial charge is 0.190 e. The maximum absolute atomic E-state index is 13.1. The van der Waals surface area contributed by atoms with E-state index in [9.17, 15) is 9.65 Å². The highest BCUT2D eigenvalue weighted by Gasteiger charge is 2.14. The summed E-state index contributed by atoms with van der Waals surface area (Å²) in [6.45, 7) is 0.0308. The molecule has 0 aliphatic heterocycles. The highest BCUT2D eigenvalue weighted by Crippen LogP contribution is 2.27. The van der Waals surface area contributed by atoms with Gasteiger partial charge in [0.25, 0.3) is 0 Å². The lowest BCUT2D eigenvalue weighted by Gasteiger charge is -2.11. The van der Waals surface area contributed by atoms with Gasteiger partial charge in [0.1, 0.15) is 41.3 Å². The number of aromatic nitrogens is 2. The summed E-state index contributed by atoms with van der Waals surface area (Å²) in [4.78, 5) is 8.75. The van der Waals surface area contributed by atoms with Gasteiger partial charge in [-0.15, -0.1) is 0 Å². The summed E-state index contributed by atoms with van der Waals surface area (Å²) in [5.74, 6) is 0.900. The van der Waals surface area contributed by atoms with Crippen molar-refractivity contribution in [2.24, 2.45) is 0 Å². The minimum atomic E-state index is -0.349. The van der Waals surface area contributed by atoms with Crippen LogP contribution in [0.1, 0.15) is 16.8 Å². The number of nitrogens with zero attached hydrogens (tertiary/aromatic N) is 3. The van der Waals surface area contributed by atoms with Crippen LogP contribution in [0.15, 0.2) is 71.9 Å². The van der Waals surface area contributed by atoms with E-state index < -0.39 is 0 Å². The molecular weight excluding hydrogens is 399 g/mol. The van der Waals surface area contributed by atoms with Gasteiger partial charge in [-0.2, -0.15) is 5.26 Å². The summed E-state index contributed by atoms with van der Waals surface area (Å²) >= 11 is 1.44. The minimum Gasteiger partial charge on any atom is -0.487 e. The van der Waals surface area contributed by atoms with Gasteiger partial charge in [-0.25, -0.2) is 14.4 Å². The Hall–Kier alpha value is -3.63. The van der Waals surface area contributed by atoms with Crippen LogP contribution in [0.5, 0.6) is 5.75 Å². The molecule has 7 heteroatoms. The number of nitrogen functional groups attached to an aromatic ring is 1. The monoisotopic (exact) mass is 416 g/mol. The zero-order valence-electron chi connectivity index (χ0n) is 15.9. The zero-order chi connectivity index (χ0) is 20.9. The van der Waals surface area contributed by atoms with Crippen molar-refractivity contribution in [1.29, 1.82) is 5.26 Å². The van der Waals surface area contributed by atoms with E-state index in [1.54, 1.807) is 0 Å². The van der Waals surface area contributed by atoms with Gasteiger partial charge in [0.05, 0.1) is 0 Å². The SMILES string of the molecule is N#Cc1c(N)nc(SCc2cccc3ccccc23)nc1COc1ccc(F)cc1. The lowest BCUT2D eigenvalue weighted by atomic mass is 10.1. The topological polar surface area (TPSA) is 84.8 Å². The van der Waals surface area contributed by atoms with Crippen molar-refractivity contribution in [2.75, 3.05) is 5.73 Å². The van der Waals surface area contributed by atoms with Crippen LogP contribution in [0.3, 0.4) is 0 Å². The number of hydrogen-bond donors (Lipinski definition) is 1. The molecule has 1 heterocycles. The Labute approximate surface area is 177 Å². The summed E-state index contributed by atoms with van der Waals surface area (Å²) in [5.41, 5.74) is 7.73. The zero-order valence-corrected chi connectivity index (χ0v) is 16.7. The average molecular weight is 416 g/mol. The van der Waals surface area contributed by atoms with Gasteiger partial charge in [-0.1, -0.05) is 54.2 Å². The van der Waals surface area contributed by atoms with E-state index >= 15 is 0 Å². The molecule has 2 N–H and O–H groups in total. The Bertz CT molecular complexity index is 1230. The first-order chi connectivity index (χ1) is 14.6. The van der Waals surface area contributed by atoms with Crippen LogP contribution in [-0.2, 0) is 12.4 Å². The molecule has 5 nitrogen and oxygen atoms in total. The molecule has 4 rings (SSSR count). The minimum absolute atomic E-state index is 0.0308. The maximum Gasteiger partial charge on any atom is 0.190 e. The Balaban J connectivity index is 1.55. The molecule has 30 heavy (non-hydrogen) atoms. The highest BCUT2D eigenvalue weighted by molar-refractivity contribution is 7.98. The number of halogens is 1. The van der Waals surface area contributed by atoms with Crippen molar-refractivity contribution >= 4 is 28.4 Å². The Kier molecular flexibility index (Phi) is 5.77. The van der Waals surface area contributed by atoms with E-state index in [1.165, 1.54) is 46.8 Å². The molecule has 4 aromatic rings. The molecule has 0 unspecified atom stereocenters. The first-order valence-electron chi connectivity index (χ1n) is 9.18. The molecule has 1 aromatic heterocycles. The van der Waals surface area contributed by atoms with Crippen LogP contribution >= 0.6 is 11.8 Å². The van der Waals surface area contributed by atoms with Crippen molar-refractivity contribution < 1.29 is 9.13 Å². The largest absolute Gasteiger partial charge is 0.487 e. The third-order valence-electron chi connectivity index (χ3n) is 4.53. The van der Waals surface area contributed by atoms with Crippen LogP contribution in [0.2, 0.25) is 0 Å². The summed E-state index contributed by atoms with van der Waals surface area (Å²) < 4.78 is 18.7. The van der Waals surface area contributed by atoms with Crippen LogP contribution in [0.25, 0.3) is 10.8 Å². The van der Waals surface area contributed by atoms with Crippen LogP contribution in [-0.4, -0.2) is 9.97 Å². The molecule has 3 aromatic carbocycles. The Morgan fingerprint density at radius 1 is 1.00 bits per heavy atom. The molecule has 148 valence electrons. The standard InChI is InChI=1S/C23H17FN4OS/c24-17-8-10-18(11-9-17)29-13-21-20(12-25)22(26)28-23(27-21)30-14-16-6-3-5-15-4-1-2-7-19(15)16/h1-11H,13-14H2,(H2,26,27,28). The number of fused-ring (bicyclic) bond motifs is 1. The number of nitrogens with two attached hydrogens (primary N) is 1. The molecule has 0 radical (unpaired) electrons. The van der Waals surface area contributed by atoms with E-state index in [4.69, 9.17) is 10.5 Å². The first-order valence-corrected chi connectivity index (χ1v) is 10.2. The fourth-order valence-electron chi connectivity index (χ4n) is 3.04. The predicted molar refractivity (Wildman–Crippen MR) is 115 cm³/mol. The fraction of sp³-hybridized carbons (Fsp3) is 0.0870. The van der Waals surface area contributed by atoms with E-state index in [-0.39, 0.29) is 23.8 Å². The van der Waals surface area contributed by atoms with Gasteiger partial charge < -0.3 is 10.5 Å². The second-order valence-electron chi connectivity index (χ2n) is 6.49. The summed E-state index contributed by atoms with van der Waals surface area (Å²) in [6, 6.07) is 22.0. The molecule has 0 atom stereocenters. The normalized spacial score (nSPS) is 10.7. The molecule has 0 spiro atoms. The van der Waals surface area contributed by atoms with Gasteiger partial charge >= 0.3 is 0 Å². The van der Waals surface area contributed by atoms with Gasteiger partial charge in [0, 0.05) is 5.75 Å². The number of rotatable bonds is 6. The van der Waals surface area contributed by atoms with Crippen LogP contribution in [0.4, 0.5) is 10.2 Å². The molecule has 0 bridgehead atoms. The van der Waals surface area contributed by atoms with Crippen molar-refractivity contribution in [3.63, 3.8) is 0 Å². The predicted octanol–water partition coefficient (Wildman–Crippen LogP) is 5.09. The molecular formula is C23H17FN4OS. The van der Waals surface area contributed by atoms with E-state index in [0.29, 0.717) is 22.4 Å². The Morgan fingerprint density at radius 3 is 2.57 bits per heavy atom. The number of ether oxygens (including phenoxy) is 1. The van der Waals surface area contributed by atoms with Crippen molar-refractivity contribution in [1.82, 2.24) is 9.97 Å². The second kappa shape index (κ2) is 8.80. The fourth-order valence-corrected chi connectivity index (χ4v) is 3.91. The van der Waals surface area contributed by atoms with Gasteiger partial charge in [0.2, 0.25) is 0 Å². The maximum atomic E-state index is 13.1. The van der Waals surface area contributed by atoms with Crippen LogP contribution < -0.4 is 10.5 Å². The van der Waals surface area contributed by atoms with Crippen LogP contribution in [0, 0.1) is 17.1 Å². The van der Waals surface area contributed by atoms with Crippen molar-refractivity contribution in [3.05, 3.63) is 89.4 Å². The lowest BCUT2D eigenvalue weighted by molar-refractivity contribution is 0.299. The molecule has 0 amide bonds. The summed E-state index contributed by atoms with van der Waals surface area (Å²) in [7, 11) is 0. The lowest BCUT2D eigenvalue weighted by Crippen LogP contribution is -2.08. The molecule has 0 aliphatic rings. The van der Waals surface area contributed by atoms with Gasteiger partial charge in [0.15, 0.2) is 5.16 Å². The first kappa shape index (κ1) is 19.7. The number of thioether (sulfide) groups is 1. The van der Waals surface area contributed by atoms with Crippen molar-refractivity contribution in [3.8, 4) is 11.8 Å². The Morgan fingerprint density at radius 2 is 1.77 bits per heavy atom. The van der Waals surface area contributed by atoms with Gasteiger partial charge in [-0.05, 0) is 40.6 Å². The number of benzene rings is 3. The third-order valence-corrected chi connectivity index (χ3v) is 5.43. The summed E-state index contributed by atoms with van der Waals surface area (Å²) in [6.07, 6.45) is 0. The molecule has 0 aliphatic carbocycles. The third kappa shape index (κ3) is 4.34. The number of hydrogen-bond acceptors (Lipinski definition) is 6. The second-order valence-corrected chi connectivity index (χ2v) is 7.44. The average Bonchev–Trinajstić information content (AvgIpc) is 2.77. The number of anilines is 1. The quantitative estimate of drug-likeness (QED) is 0.348.